The first-order valence-corrected chi connectivity index (χ1v) is 4.26. The smallest absolute Gasteiger partial charge is 0.223 e. The van der Waals surface area contributed by atoms with Gasteiger partial charge in [-0.15, -0.1) is 0 Å². The summed E-state index contributed by atoms with van der Waals surface area (Å²) in [6.45, 7) is 4.79. The Hall–Kier alpha value is -0.640. The van der Waals surface area contributed by atoms with E-state index in [1.807, 2.05) is 19.9 Å². The van der Waals surface area contributed by atoms with Crippen molar-refractivity contribution in [2.75, 3.05) is 11.9 Å². The van der Waals surface area contributed by atoms with Crippen LogP contribution in [0.15, 0.2) is 10.7 Å². The molecule has 3 nitrogen and oxygen atoms in total. The highest BCUT2D eigenvalue weighted by Gasteiger charge is 1.96. The Labute approximate surface area is 74.4 Å². The lowest BCUT2D eigenvalue weighted by atomic mass is 10.5. The number of anilines is 1. The highest BCUT2D eigenvalue weighted by molar-refractivity contribution is 9.10. The molecule has 0 amide bonds. The molecule has 11 heavy (non-hydrogen) atoms. The number of rotatable bonds is 2. The predicted octanol–water partition coefficient (Wildman–Crippen LogP) is 1.98. The standard InChI is InChI=1S/C7H10BrN3/c1-3-9-7-10-5(2)4-6(8)11-7/h4H,3H2,1-2H3,(H,9,10,11). The first-order chi connectivity index (χ1) is 5.22. The quantitative estimate of drug-likeness (QED) is 0.768. The van der Waals surface area contributed by atoms with E-state index in [4.69, 9.17) is 0 Å². The third-order valence-electron chi connectivity index (χ3n) is 1.16. The van der Waals surface area contributed by atoms with Crippen LogP contribution in [0, 0.1) is 6.92 Å². The van der Waals surface area contributed by atoms with E-state index in [1.54, 1.807) is 0 Å². The van der Waals surface area contributed by atoms with Gasteiger partial charge in [-0.3, -0.25) is 0 Å². The molecule has 0 fully saturated rings. The van der Waals surface area contributed by atoms with Crippen LogP contribution in [0.25, 0.3) is 0 Å². The van der Waals surface area contributed by atoms with Crippen molar-refractivity contribution >= 4 is 21.9 Å². The highest BCUT2D eigenvalue weighted by atomic mass is 79.9. The lowest BCUT2D eigenvalue weighted by molar-refractivity contribution is 1.04. The maximum absolute atomic E-state index is 4.17. The van der Waals surface area contributed by atoms with Crippen LogP contribution < -0.4 is 5.32 Å². The highest BCUT2D eigenvalue weighted by Crippen LogP contribution is 2.09. The monoisotopic (exact) mass is 215 g/mol. The minimum atomic E-state index is 0.680. The predicted molar refractivity (Wildman–Crippen MR) is 48.6 cm³/mol. The Morgan fingerprint density at radius 3 is 2.82 bits per heavy atom. The molecule has 0 spiro atoms. The van der Waals surface area contributed by atoms with Gasteiger partial charge in [0.2, 0.25) is 5.95 Å². The van der Waals surface area contributed by atoms with E-state index in [2.05, 4.69) is 31.2 Å². The SMILES string of the molecule is CCNc1nc(C)cc(Br)n1. The molecule has 60 valence electrons. The van der Waals surface area contributed by atoms with Crippen molar-refractivity contribution in [3.8, 4) is 0 Å². The first kappa shape index (κ1) is 8.46. The fourth-order valence-corrected chi connectivity index (χ4v) is 1.27. The van der Waals surface area contributed by atoms with Crippen LogP contribution >= 0.6 is 15.9 Å². The molecular weight excluding hydrogens is 206 g/mol. The molecule has 0 saturated heterocycles. The number of halogens is 1. The second kappa shape index (κ2) is 3.67. The fraction of sp³-hybridized carbons (Fsp3) is 0.429. The summed E-state index contributed by atoms with van der Waals surface area (Å²) in [6, 6.07) is 1.88. The van der Waals surface area contributed by atoms with E-state index < -0.39 is 0 Å². The van der Waals surface area contributed by atoms with Crippen LogP contribution in [0.4, 0.5) is 5.95 Å². The van der Waals surface area contributed by atoms with E-state index in [-0.39, 0.29) is 0 Å². The lowest BCUT2D eigenvalue weighted by Crippen LogP contribution is -2.02. The van der Waals surface area contributed by atoms with Gasteiger partial charge in [-0.1, -0.05) is 0 Å². The molecule has 1 N–H and O–H groups in total. The zero-order valence-electron chi connectivity index (χ0n) is 6.56. The van der Waals surface area contributed by atoms with Gasteiger partial charge in [0, 0.05) is 12.2 Å². The normalized spacial score (nSPS) is 9.73. The van der Waals surface area contributed by atoms with Crippen molar-refractivity contribution < 1.29 is 0 Å². The van der Waals surface area contributed by atoms with E-state index in [1.165, 1.54) is 0 Å². The van der Waals surface area contributed by atoms with Crippen LogP contribution in [-0.4, -0.2) is 16.5 Å². The molecule has 0 saturated carbocycles. The lowest BCUT2D eigenvalue weighted by Gasteiger charge is -2.01. The Morgan fingerprint density at radius 2 is 2.27 bits per heavy atom. The summed E-state index contributed by atoms with van der Waals surface area (Å²) in [4.78, 5) is 8.29. The number of nitrogens with zero attached hydrogens (tertiary/aromatic N) is 2. The Bertz CT molecular complexity index is 229. The van der Waals surface area contributed by atoms with Gasteiger partial charge in [0.05, 0.1) is 0 Å². The first-order valence-electron chi connectivity index (χ1n) is 3.47. The minimum Gasteiger partial charge on any atom is -0.354 e. The van der Waals surface area contributed by atoms with E-state index in [0.29, 0.717) is 5.95 Å². The minimum absolute atomic E-state index is 0.680. The van der Waals surface area contributed by atoms with Crippen molar-refractivity contribution in [1.82, 2.24) is 9.97 Å². The van der Waals surface area contributed by atoms with Crippen LogP contribution in [0.2, 0.25) is 0 Å². The topological polar surface area (TPSA) is 37.8 Å². The molecule has 1 aromatic heterocycles. The van der Waals surface area contributed by atoms with Crippen molar-refractivity contribution in [1.29, 1.82) is 0 Å². The second-order valence-corrected chi connectivity index (χ2v) is 3.00. The summed E-state index contributed by atoms with van der Waals surface area (Å²) in [6.07, 6.45) is 0. The molecule has 0 aliphatic heterocycles. The zero-order chi connectivity index (χ0) is 8.27. The van der Waals surface area contributed by atoms with Crippen LogP contribution in [-0.2, 0) is 0 Å². The largest absolute Gasteiger partial charge is 0.354 e. The van der Waals surface area contributed by atoms with E-state index >= 15 is 0 Å². The van der Waals surface area contributed by atoms with Gasteiger partial charge >= 0.3 is 0 Å². The van der Waals surface area contributed by atoms with Crippen LogP contribution in [0.5, 0.6) is 0 Å². The molecule has 1 heterocycles. The van der Waals surface area contributed by atoms with Gasteiger partial charge in [0.25, 0.3) is 0 Å². The molecule has 0 bridgehead atoms. The summed E-state index contributed by atoms with van der Waals surface area (Å²) >= 11 is 3.29. The van der Waals surface area contributed by atoms with Gasteiger partial charge in [0.15, 0.2) is 0 Å². The summed E-state index contributed by atoms with van der Waals surface area (Å²) < 4.78 is 0.820. The van der Waals surface area contributed by atoms with E-state index in [0.717, 1.165) is 16.8 Å². The summed E-state index contributed by atoms with van der Waals surface area (Å²) in [7, 11) is 0. The van der Waals surface area contributed by atoms with Gasteiger partial charge < -0.3 is 5.32 Å². The number of hydrogen-bond acceptors (Lipinski definition) is 3. The molecule has 0 atom stereocenters. The average Bonchev–Trinajstić information content (AvgIpc) is 1.85. The zero-order valence-corrected chi connectivity index (χ0v) is 8.14. The molecule has 0 aliphatic carbocycles. The van der Waals surface area contributed by atoms with Crippen molar-refractivity contribution in [3.63, 3.8) is 0 Å². The molecule has 0 aromatic carbocycles. The molecule has 0 aliphatic rings. The van der Waals surface area contributed by atoms with Gasteiger partial charge in [-0.25, -0.2) is 9.97 Å². The summed E-state index contributed by atoms with van der Waals surface area (Å²) in [5.41, 5.74) is 0.961. The van der Waals surface area contributed by atoms with Gasteiger partial charge in [-0.2, -0.15) is 0 Å². The third kappa shape index (κ3) is 2.46. The van der Waals surface area contributed by atoms with Crippen molar-refractivity contribution in [3.05, 3.63) is 16.4 Å². The average molecular weight is 216 g/mol. The third-order valence-corrected chi connectivity index (χ3v) is 1.56. The number of aromatic nitrogens is 2. The number of nitrogens with one attached hydrogen (secondary N) is 1. The molecule has 0 radical (unpaired) electrons. The molecule has 1 rings (SSSR count). The molecular formula is C7H10BrN3. The van der Waals surface area contributed by atoms with Gasteiger partial charge in [-0.05, 0) is 35.8 Å². The van der Waals surface area contributed by atoms with Crippen molar-refractivity contribution in [2.45, 2.75) is 13.8 Å². The van der Waals surface area contributed by atoms with E-state index in [9.17, 15) is 0 Å². The maximum Gasteiger partial charge on any atom is 0.223 e. The van der Waals surface area contributed by atoms with Crippen LogP contribution in [0.1, 0.15) is 12.6 Å². The number of aryl methyl sites for hydroxylation is 1. The van der Waals surface area contributed by atoms with Crippen LogP contribution in [0.3, 0.4) is 0 Å². The van der Waals surface area contributed by atoms with Crippen molar-refractivity contribution in [2.24, 2.45) is 0 Å². The molecule has 1 aromatic rings. The number of hydrogen-bond donors (Lipinski definition) is 1. The summed E-state index contributed by atoms with van der Waals surface area (Å²) in [5.74, 6) is 0.680. The maximum atomic E-state index is 4.17. The Kier molecular flexibility index (Phi) is 2.82. The molecule has 4 heteroatoms. The fourth-order valence-electron chi connectivity index (χ4n) is 0.767. The Balaban J connectivity index is 2.89. The second-order valence-electron chi connectivity index (χ2n) is 2.19. The summed E-state index contributed by atoms with van der Waals surface area (Å²) in [5, 5.41) is 3.04. The Morgan fingerprint density at radius 1 is 1.55 bits per heavy atom. The molecule has 0 unspecified atom stereocenters. The van der Waals surface area contributed by atoms with Gasteiger partial charge in [0.1, 0.15) is 4.60 Å².